The quantitative estimate of drug-likeness (QED) is 0.0396. The van der Waals surface area contributed by atoms with Gasteiger partial charge in [0.2, 0.25) is 0 Å². The van der Waals surface area contributed by atoms with Crippen molar-refractivity contribution in [2.45, 2.75) is 205 Å². The predicted octanol–water partition coefficient (Wildman–Crippen LogP) is 14.6. The molecule has 0 amide bonds. The number of hydrogen-bond donors (Lipinski definition) is 4. The Labute approximate surface area is 403 Å². The van der Waals surface area contributed by atoms with Gasteiger partial charge in [-0.25, -0.2) is 0 Å². The Hall–Kier alpha value is 0.200. The molecule has 0 unspecified atom stereocenters. The fourth-order valence-electron chi connectivity index (χ4n) is 8.21. The molecule has 60 heavy (non-hydrogen) atoms. The number of aliphatic hydroxyl groups is 4. The van der Waals surface area contributed by atoms with E-state index >= 15 is 0 Å². The second kappa shape index (κ2) is 43.1. The van der Waals surface area contributed by atoms with E-state index in [1.807, 2.05) is 0 Å². The van der Waals surface area contributed by atoms with E-state index in [-0.39, 0.29) is 26.4 Å². The van der Waals surface area contributed by atoms with Crippen LogP contribution >= 0.6 is 63.7 Å². The standard InChI is InChI=1S/C26H42Br4.C26H46O4/c2*27-17-9-1-5-13-23-21-25(15-7-3-11-19-29)26(16-8-4-12-20-30)22-24(23)14-6-2-10-18-28/h21-22H,1-20H2;21-22,27-30H,1-20H2. The van der Waals surface area contributed by atoms with Crippen LogP contribution in [-0.4, -0.2) is 68.2 Å². The molecule has 8 heteroatoms. The zero-order valence-corrected chi connectivity index (χ0v) is 44.2. The van der Waals surface area contributed by atoms with Crippen molar-refractivity contribution in [1.29, 1.82) is 0 Å². The summed E-state index contributed by atoms with van der Waals surface area (Å²) in [4.78, 5) is 0. The molecule has 0 spiro atoms. The number of alkyl halides is 4. The molecule has 348 valence electrons. The van der Waals surface area contributed by atoms with Gasteiger partial charge in [0.05, 0.1) is 0 Å². The smallest absolute Gasteiger partial charge is 0.0431 e. The predicted molar refractivity (Wildman–Crippen MR) is 277 cm³/mol. The molecule has 0 aromatic heterocycles. The van der Waals surface area contributed by atoms with E-state index in [0.717, 1.165) is 124 Å². The zero-order valence-electron chi connectivity index (χ0n) is 37.9. The van der Waals surface area contributed by atoms with Gasteiger partial charge in [0.1, 0.15) is 0 Å². The first kappa shape index (κ1) is 58.2. The highest BCUT2D eigenvalue weighted by Crippen LogP contribution is 2.27. The largest absolute Gasteiger partial charge is 0.396 e. The van der Waals surface area contributed by atoms with Gasteiger partial charge in [-0.05, 0) is 199 Å². The second-order valence-electron chi connectivity index (χ2n) is 16.9. The number of hydrogen-bond acceptors (Lipinski definition) is 4. The van der Waals surface area contributed by atoms with E-state index in [1.165, 1.54) is 125 Å². The van der Waals surface area contributed by atoms with Crippen LogP contribution in [0.3, 0.4) is 0 Å². The number of aryl methyl sites for hydroxylation is 8. The Morgan fingerprint density at radius 3 is 0.500 bits per heavy atom. The lowest BCUT2D eigenvalue weighted by Gasteiger charge is -2.17. The van der Waals surface area contributed by atoms with Gasteiger partial charge in [0.15, 0.2) is 0 Å². The van der Waals surface area contributed by atoms with Crippen LogP contribution in [-0.2, 0) is 51.4 Å². The van der Waals surface area contributed by atoms with Gasteiger partial charge < -0.3 is 20.4 Å². The Kier molecular flexibility index (Phi) is 41.8. The molecule has 2 aromatic carbocycles. The van der Waals surface area contributed by atoms with Gasteiger partial charge in [0, 0.05) is 47.7 Å². The van der Waals surface area contributed by atoms with Gasteiger partial charge in [-0.15, -0.1) is 0 Å². The summed E-state index contributed by atoms with van der Waals surface area (Å²) < 4.78 is 0. The highest BCUT2D eigenvalue weighted by atomic mass is 79.9. The SMILES string of the molecule is BrCCCCCc1cc(CCCCCBr)c(CCCCCBr)cc1CCCCCBr.OCCCCCc1cc(CCCCCO)c(CCCCCO)cc1CCCCCO. The fraction of sp³-hybridized carbons (Fsp3) is 0.769. The minimum absolute atomic E-state index is 0.275. The van der Waals surface area contributed by atoms with Gasteiger partial charge in [-0.2, -0.15) is 0 Å². The molecule has 2 rings (SSSR count). The number of benzene rings is 2. The minimum Gasteiger partial charge on any atom is -0.396 e. The van der Waals surface area contributed by atoms with Crippen LogP contribution in [0.1, 0.15) is 199 Å². The molecule has 0 saturated heterocycles. The molecule has 0 atom stereocenters. The lowest BCUT2D eigenvalue weighted by Crippen LogP contribution is -2.04. The van der Waals surface area contributed by atoms with Crippen LogP contribution in [0, 0.1) is 0 Å². The van der Waals surface area contributed by atoms with Crippen molar-refractivity contribution in [3.05, 3.63) is 68.8 Å². The summed E-state index contributed by atoms with van der Waals surface area (Å²) in [5.74, 6) is 0. The average molecular weight is 1100 g/mol. The van der Waals surface area contributed by atoms with Crippen molar-refractivity contribution in [3.8, 4) is 0 Å². The molecule has 0 fully saturated rings. The zero-order chi connectivity index (χ0) is 43.7. The number of rotatable bonds is 40. The third-order valence-corrected chi connectivity index (χ3v) is 14.0. The normalized spacial score (nSPS) is 11.3. The highest BCUT2D eigenvalue weighted by Gasteiger charge is 2.13. The molecule has 4 N–H and O–H groups in total. The Bertz CT molecular complexity index is 983. The summed E-state index contributed by atoms with van der Waals surface area (Å²) in [7, 11) is 0. The topological polar surface area (TPSA) is 80.9 Å². The lowest BCUT2D eigenvalue weighted by molar-refractivity contribution is 0.282. The van der Waals surface area contributed by atoms with Crippen LogP contribution in [0.2, 0.25) is 0 Å². The van der Waals surface area contributed by atoms with E-state index in [1.54, 1.807) is 22.3 Å². The number of aliphatic hydroxyl groups excluding tert-OH is 4. The summed E-state index contributed by atoms with van der Waals surface area (Å²) >= 11 is 14.3. The van der Waals surface area contributed by atoms with Gasteiger partial charge in [-0.1, -0.05) is 139 Å². The molecule has 0 radical (unpaired) electrons. The van der Waals surface area contributed by atoms with Crippen molar-refractivity contribution >= 4 is 63.7 Å². The third-order valence-electron chi connectivity index (χ3n) is 11.8. The van der Waals surface area contributed by atoms with E-state index in [9.17, 15) is 0 Å². The van der Waals surface area contributed by atoms with Crippen molar-refractivity contribution in [2.24, 2.45) is 0 Å². The number of halogens is 4. The van der Waals surface area contributed by atoms with E-state index in [0.29, 0.717) is 0 Å². The molecule has 4 nitrogen and oxygen atoms in total. The first-order valence-corrected chi connectivity index (χ1v) is 29.0. The van der Waals surface area contributed by atoms with Crippen LogP contribution in [0.5, 0.6) is 0 Å². The van der Waals surface area contributed by atoms with Crippen LogP contribution < -0.4 is 0 Å². The monoisotopic (exact) mass is 1090 g/mol. The van der Waals surface area contributed by atoms with E-state index in [2.05, 4.69) is 88.0 Å². The first-order valence-electron chi connectivity index (χ1n) is 24.5. The van der Waals surface area contributed by atoms with Crippen molar-refractivity contribution in [3.63, 3.8) is 0 Å². The maximum absolute atomic E-state index is 9.07. The molecule has 0 aliphatic rings. The van der Waals surface area contributed by atoms with Gasteiger partial charge >= 0.3 is 0 Å². The summed E-state index contributed by atoms with van der Waals surface area (Å²) in [6, 6.07) is 10.1. The van der Waals surface area contributed by atoms with E-state index < -0.39 is 0 Å². The Morgan fingerprint density at radius 2 is 0.367 bits per heavy atom. The maximum atomic E-state index is 9.07. The van der Waals surface area contributed by atoms with Crippen molar-refractivity contribution < 1.29 is 20.4 Å². The van der Waals surface area contributed by atoms with Crippen molar-refractivity contribution in [2.75, 3.05) is 47.7 Å². The molecule has 0 heterocycles. The second-order valence-corrected chi connectivity index (χ2v) is 20.1. The Morgan fingerprint density at radius 1 is 0.217 bits per heavy atom. The third kappa shape index (κ3) is 29.6. The van der Waals surface area contributed by atoms with Gasteiger partial charge in [-0.3, -0.25) is 0 Å². The summed E-state index contributed by atoms with van der Waals surface area (Å²) in [5, 5.41) is 40.8. The summed E-state index contributed by atoms with van der Waals surface area (Å²) in [6.07, 6.45) is 37.4. The van der Waals surface area contributed by atoms with Crippen LogP contribution in [0.4, 0.5) is 0 Å². The summed E-state index contributed by atoms with van der Waals surface area (Å²) in [6.45, 7) is 1.10. The van der Waals surface area contributed by atoms with Gasteiger partial charge in [0.25, 0.3) is 0 Å². The molecule has 0 saturated carbocycles. The molecular weight excluding hydrogens is 1010 g/mol. The summed E-state index contributed by atoms with van der Waals surface area (Å²) in [5.41, 5.74) is 12.5. The average Bonchev–Trinajstić information content (AvgIpc) is 3.26. The minimum atomic E-state index is 0.275. The molecule has 0 aliphatic carbocycles. The van der Waals surface area contributed by atoms with Crippen molar-refractivity contribution in [1.82, 2.24) is 0 Å². The first-order chi connectivity index (χ1) is 29.5. The molecule has 0 bridgehead atoms. The Balaban J connectivity index is 0.000000600. The van der Waals surface area contributed by atoms with Crippen LogP contribution in [0.25, 0.3) is 0 Å². The maximum Gasteiger partial charge on any atom is 0.0431 e. The van der Waals surface area contributed by atoms with E-state index in [4.69, 9.17) is 20.4 Å². The fourth-order valence-corrected chi connectivity index (χ4v) is 9.79. The highest BCUT2D eigenvalue weighted by molar-refractivity contribution is 9.09. The molecular formula is C52H88Br4O4. The van der Waals surface area contributed by atoms with Crippen LogP contribution in [0.15, 0.2) is 24.3 Å². The molecule has 2 aromatic rings. The lowest BCUT2D eigenvalue weighted by atomic mass is 9.88. The molecule has 0 aliphatic heterocycles. The number of unbranched alkanes of at least 4 members (excludes halogenated alkanes) is 16.